The van der Waals surface area contributed by atoms with Crippen molar-refractivity contribution in [1.82, 2.24) is 9.55 Å². The van der Waals surface area contributed by atoms with Crippen molar-refractivity contribution in [2.45, 2.75) is 25.4 Å². The summed E-state index contributed by atoms with van der Waals surface area (Å²) < 4.78 is 1.99. The van der Waals surface area contributed by atoms with E-state index in [9.17, 15) is 5.11 Å². The van der Waals surface area contributed by atoms with Gasteiger partial charge in [-0.25, -0.2) is 4.98 Å². The van der Waals surface area contributed by atoms with Crippen LogP contribution in [0.1, 0.15) is 30.2 Å². The molecule has 1 atom stereocenters. The first kappa shape index (κ1) is 10.8. The number of aromatic nitrogens is 2. The lowest BCUT2D eigenvalue weighted by molar-refractivity contribution is 0.156. The van der Waals surface area contributed by atoms with Crippen LogP contribution in [0.5, 0.6) is 0 Å². The zero-order chi connectivity index (χ0) is 11.8. The minimum Gasteiger partial charge on any atom is -0.388 e. The molecule has 1 unspecified atom stereocenters. The molecule has 0 aliphatic heterocycles. The average Bonchev–Trinajstić information content (AvgIpc) is 2.75. The van der Waals surface area contributed by atoms with Crippen molar-refractivity contribution in [3.8, 4) is 5.82 Å². The minimum absolute atomic E-state index is 0.345. The second kappa shape index (κ2) is 4.17. The maximum Gasteiger partial charge on any atom is 0.155 e. The number of pyridine rings is 1. The summed E-state index contributed by atoms with van der Waals surface area (Å²) in [6.45, 7) is 0. The first-order valence-corrected chi connectivity index (χ1v) is 6.14. The molecule has 0 bridgehead atoms. The lowest BCUT2D eigenvalue weighted by Gasteiger charge is -2.20. The molecule has 1 aliphatic carbocycles. The SMILES string of the molecule is OC1CCCc2c1ccn2-c1ncccc1Cl. The fraction of sp³-hybridized carbons (Fsp3) is 0.308. The van der Waals surface area contributed by atoms with Crippen molar-refractivity contribution in [3.05, 3.63) is 46.9 Å². The first-order chi connectivity index (χ1) is 8.27. The lowest BCUT2D eigenvalue weighted by Crippen LogP contribution is -2.11. The van der Waals surface area contributed by atoms with E-state index in [0.29, 0.717) is 5.02 Å². The van der Waals surface area contributed by atoms with Crippen LogP contribution < -0.4 is 0 Å². The molecule has 17 heavy (non-hydrogen) atoms. The van der Waals surface area contributed by atoms with E-state index in [1.165, 1.54) is 0 Å². The number of hydrogen-bond acceptors (Lipinski definition) is 2. The summed E-state index contributed by atoms with van der Waals surface area (Å²) in [5, 5.41) is 10.6. The molecular weight excluding hydrogens is 236 g/mol. The Balaban J connectivity index is 2.14. The van der Waals surface area contributed by atoms with Gasteiger partial charge in [0, 0.05) is 23.7 Å². The van der Waals surface area contributed by atoms with Crippen LogP contribution in [0.2, 0.25) is 5.02 Å². The number of nitrogens with zero attached hydrogens (tertiary/aromatic N) is 2. The van der Waals surface area contributed by atoms with Gasteiger partial charge in [-0.3, -0.25) is 0 Å². The van der Waals surface area contributed by atoms with Gasteiger partial charge in [-0.05, 0) is 37.5 Å². The molecule has 0 saturated heterocycles. The predicted molar refractivity (Wildman–Crippen MR) is 66.5 cm³/mol. The van der Waals surface area contributed by atoms with Crippen LogP contribution in [0.4, 0.5) is 0 Å². The third-order valence-electron chi connectivity index (χ3n) is 3.24. The standard InChI is InChI=1S/C13H13ClN2O/c14-10-3-2-7-15-13(10)16-8-6-9-11(16)4-1-5-12(9)17/h2-3,6-8,12,17H,1,4-5H2. The number of aliphatic hydroxyl groups is 1. The predicted octanol–water partition coefficient (Wildman–Crippen LogP) is 2.90. The summed E-state index contributed by atoms with van der Waals surface area (Å²) in [6.07, 6.45) is 6.13. The van der Waals surface area contributed by atoms with E-state index >= 15 is 0 Å². The van der Waals surface area contributed by atoms with Gasteiger partial charge in [0.05, 0.1) is 11.1 Å². The van der Waals surface area contributed by atoms with E-state index < -0.39 is 0 Å². The molecule has 2 heterocycles. The molecule has 88 valence electrons. The smallest absolute Gasteiger partial charge is 0.155 e. The maximum absolute atomic E-state index is 9.92. The van der Waals surface area contributed by atoms with Crippen molar-refractivity contribution in [1.29, 1.82) is 0 Å². The van der Waals surface area contributed by atoms with Gasteiger partial charge in [-0.2, -0.15) is 0 Å². The monoisotopic (exact) mass is 248 g/mol. The Hall–Kier alpha value is -1.32. The van der Waals surface area contributed by atoms with Crippen LogP contribution in [-0.2, 0) is 6.42 Å². The molecule has 0 radical (unpaired) electrons. The third kappa shape index (κ3) is 1.75. The highest BCUT2D eigenvalue weighted by Gasteiger charge is 2.22. The van der Waals surface area contributed by atoms with Gasteiger partial charge in [0.25, 0.3) is 0 Å². The second-order valence-corrected chi connectivity index (χ2v) is 4.71. The van der Waals surface area contributed by atoms with Gasteiger partial charge < -0.3 is 9.67 Å². The molecular formula is C13H13ClN2O. The van der Waals surface area contributed by atoms with Gasteiger partial charge >= 0.3 is 0 Å². The van der Waals surface area contributed by atoms with Crippen molar-refractivity contribution < 1.29 is 5.11 Å². The highest BCUT2D eigenvalue weighted by Crippen LogP contribution is 2.32. The Morgan fingerprint density at radius 2 is 2.29 bits per heavy atom. The van der Waals surface area contributed by atoms with E-state index in [1.54, 1.807) is 6.20 Å². The van der Waals surface area contributed by atoms with E-state index in [2.05, 4.69) is 4.98 Å². The fourth-order valence-electron chi connectivity index (χ4n) is 2.42. The van der Waals surface area contributed by atoms with Gasteiger partial charge in [0.2, 0.25) is 0 Å². The molecule has 0 spiro atoms. The topological polar surface area (TPSA) is 38.0 Å². The van der Waals surface area contributed by atoms with Gasteiger partial charge in [-0.15, -0.1) is 0 Å². The van der Waals surface area contributed by atoms with Crippen molar-refractivity contribution >= 4 is 11.6 Å². The van der Waals surface area contributed by atoms with Crippen LogP contribution in [0, 0.1) is 0 Å². The highest BCUT2D eigenvalue weighted by atomic mass is 35.5. The van der Waals surface area contributed by atoms with Crippen molar-refractivity contribution in [2.24, 2.45) is 0 Å². The van der Waals surface area contributed by atoms with Crippen LogP contribution in [0.15, 0.2) is 30.6 Å². The molecule has 0 amide bonds. The Morgan fingerprint density at radius 3 is 3.12 bits per heavy atom. The van der Waals surface area contributed by atoms with Gasteiger partial charge in [0.15, 0.2) is 5.82 Å². The Labute approximate surface area is 105 Å². The summed E-state index contributed by atoms with van der Waals surface area (Å²) in [6, 6.07) is 5.61. The molecule has 3 nitrogen and oxygen atoms in total. The normalized spacial score (nSPS) is 19.1. The summed E-state index contributed by atoms with van der Waals surface area (Å²) >= 11 is 6.15. The Morgan fingerprint density at radius 1 is 1.41 bits per heavy atom. The molecule has 4 heteroatoms. The first-order valence-electron chi connectivity index (χ1n) is 5.76. The minimum atomic E-state index is -0.345. The number of halogens is 1. The largest absolute Gasteiger partial charge is 0.388 e. The van der Waals surface area contributed by atoms with E-state index in [0.717, 1.165) is 36.3 Å². The zero-order valence-corrected chi connectivity index (χ0v) is 10.1. The van der Waals surface area contributed by atoms with Gasteiger partial charge in [-0.1, -0.05) is 11.6 Å². The summed E-state index contributed by atoms with van der Waals surface area (Å²) in [5.74, 6) is 0.740. The number of hydrogen-bond donors (Lipinski definition) is 1. The van der Waals surface area contributed by atoms with E-state index in [4.69, 9.17) is 11.6 Å². The number of rotatable bonds is 1. The molecule has 3 rings (SSSR count). The fourth-order valence-corrected chi connectivity index (χ4v) is 2.63. The molecule has 1 N–H and O–H groups in total. The number of fused-ring (bicyclic) bond motifs is 1. The zero-order valence-electron chi connectivity index (χ0n) is 9.31. The van der Waals surface area contributed by atoms with Crippen molar-refractivity contribution in [3.63, 3.8) is 0 Å². The van der Waals surface area contributed by atoms with Gasteiger partial charge in [0.1, 0.15) is 0 Å². The average molecular weight is 249 g/mol. The lowest BCUT2D eigenvalue weighted by atomic mass is 9.95. The maximum atomic E-state index is 9.92. The van der Waals surface area contributed by atoms with Crippen LogP contribution >= 0.6 is 11.6 Å². The van der Waals surface area contributed by atoms with E-state index in [-0.39, 0.29) is 6.10 Å². The molecule has 1 aliphatic rings. The molecule has 2 aromatic heterocycles. The molecule has 0 fully saturated rings. The van der Waals surface area contributed by atoms with E-state index in [1.807, 2.05) is 29.0 Å². The second-order valence-electron chi connectivity index (χ2n) is 4.30. The van der Waals surface area contributed by atoms with Crippen molar-refractivity contribution in [2.75, 3.05) is 0 Å². The molecule has 2 aromatic rings. The Bertz CT molecular complexity index is 550. The molecule has 0 saturated carbocycles. The Kier molecular flexibility index (Phi) is 2.65. The van der Waals surface area contributed by atoms with Crippen LogP contribution in [0.3, 0.4) is 0 Å². The third-order valence-corrected chi connectivity index (χ3v) is 3.54. The summed E-state index contributed by atoms with van der Waals surface area (Å²) in [7, 11) is 0. The van der Waals surface area contributed by atoms with Crippen LogP contribution in [-0.4, -0.2) is 14.7 Å². The number of aliphatic hydroxyl groups excluding tert-OH is 1. The summed E-state index contributed by atoms with van der Waals surface area (Å²) in [5.41, 5.74) is 2.14. The highest BCUT2D eigenvalue weighted by molar-refractivity contribution is 6.32. The molecule has 0 aromatic carbocycles. The van der Waals surface area contributed by atoms with Crippen LogP contribution in [0.25, 0.3) is 5.82 Å². The quantitative estimate of drug-likeness (QED) is 0.843. The summed E-state index contributed by atoms with van der Waals surface area (Å²) in [4.78, 5) is 4.30.